The van der Waals surface area contributed by atoms with E-state index < -0.39 is 72.0 Å². The molecule has 0 radical (unpaired) electrons. The number of aryl methyl sites for hydroxylation is 1. The predicted molar refractivity (Wildman–Crippen MR) is 241 cm³/mol. The quantitative estimate of drug-likeness (QED) is 0.190. The lowest BCUT2D eigenvalue weighted by Crippen LogP contribution is -2.63. The number of aromatic nitrogens is 1. The van der Waals surface area contributed by atoms with E-state index in [1.54, 1.807) is 0 Å². The predicted octanol–water partition coefficient (Wildman–Crippen LogP) is 4.26. The van der Waals surface area contributed by atoms with Gasteiger partial charge in [-0.05, 0) is 61.3 Å². The number of nitrogens with zero attached hydrogens (tertiary/aromatic N) is 5. The van der Waals surface area contributed by atoms with Gasteiger partial charge in [0.2, 0.25) is 23.6 Å². The Morgan fingerprint density at radius 3 is 1.92 bits per heavy atom. The van der Waals surface area contributed by atoms with Gasteiger partial charge in [0.25, 0.3) is 0 Å². The van der Waals surface area contributed by atoms with Crippen molar-refractivity contribution in [2.45, 2.75) is 114 Å². The van der Waals surface area contributed by atoms with E-state index in [1.807, 2.05) is 110 Å². The summed E-state index contributed by atoms with van der Waals surface area (Å²) in [7, 11) is 6.40. The summed E-state index contributed by atoms with van der Waals surface area (Å²) >= 11 is 0. The Kier molecular flexibility index (Phi) is 15.4. The number of nitrogens with one attached hydrogen (secondary N) is 2. The number of unbranched alkanes of at least 4 members (excludes halogenated alkanes) is 2. The first-order valence-corrected chi connectivity index (χ1v) is 22.2. The van der Waals surface area contributed by atoms with Gasteiger partial charge in [-0.25, -0.2) is 4.79 Å². The Morgan fingerprint density at radius 1 is 0.683 bits per heavy atom. The van der Waals surface area contributed by atoms with Gasteiger partial charge in [-0.1, -0.05) is 105 Å². The summed E-state index contributed by atoms with van der Waals surface area (Å²) in [5.74, 6) is -2.68. The van der Waals surface area contributed by atoms with Gasteiger partial charge in [0, 0.05) is 58.8 Å². The molecule has 7 atom stereocenters. The van der Waals surface area contributed by atoms with Crippen LogP contribution in [-0.4, -0.2) is 135 Å². The van der Waals surface area contributed by atoms with Gasteiger partial charge >= 0.3 is 6.03 Å². The minimum Gasteiger partial charge on any atom is -0.391 e. The first kappa shape index (κ1) is 46.5. The van der Waals surface area contributed by atoms with Crippen LogP contribution in [0.25, 0.3) is 10.9 Å². The molecule has 2 fully saturated rings. The number of fused-ring (bicyclic) bond motifs is 2. The Hall–Kier alpha value is -6.02. The zero-order valence-electron chi connectivity index (χ0n) is 37.4. The molecule has 4 aromatic rings. The number of aliphatic hydroxyl groups excluding tert-OH is 1. The molecular formula is C49H63N7O7. The summed E-state index contributed by atoms with van der Waals surface area (Å²) < 4.78 is 1.97. The van der Waals surface area contributed by atoms with Crippen LogP contribution in [0.1, 0.15) is 69.2 Å². The van der Waals surface area contributed by atoms with E-state index in [2.05, 4.69) is 10.6 Å². The second-order valence-corrected chi connectivity index (χ2v) is 17.2. The number of carbonyl (C=O) groups excluding carboxylic acids is 6. The molecule has 0 spiro atoms. The number of likely N-dealkylation sites (N-methyl/N-ethyl adjacent to an activating group) is 3. The van der Waals surface area contributed by atoms with E-state index >= 15 is 4.79 Å². The van der Waals surface area contributed by atoms with Gasteiger partial charge in [-0.15, -0.1) is 0 Å². The topological polar surface area (TPSA) is 165 Å². The zero-order chi connectivity index (χ0) is 45.4. The Balaban J connectivity index is 1.47. The molecule has 3 aromatic carbocycles. The zero-order valence-corrected chi connectivity index (χ0v) is 37.4. The van der Waals surface area contributed by atoms with Crippen molar-refractivity contribution in [1.29, 1.82) is 0 Å². The van der Waals surface area contributed by atoms with E-state index in [9.17, 15) is 29.1 Å². The van der Waals surface area contributed by atoms with Crippen LogP contribution in [0.4, 0.5) is 4.79 Å². The molecule has 2 aliphatic rings. The largest absolute Gasteiger partial charge is 0.391 e. The van der Waals surface area contributed by atoms with Crippen molar-refractivity contribution in [2.75, 3.05) is 27.7 Å². The number of urea groups is 1. The van der Waals surface area contributed by atoms with Gasteiger partial charge in [0.05, 0.1) is 18.2 Å². The lowest BCUT2D eigenvalue weighted by atomic mass is 9.95. The first-order chi connectivity index (χ1) is 30.2. The number of amides is 6. The van der Waals surface area contributed by atoms with Crippen molar-refractivity contribution in [2.24, 2.45) is 7.05 Å². The van der Waals surface area contributed by atoms with Crippen LogP contribution in [0, 0.1) is 0 Å². The van der Waals surface area contributed by atoms with E-state index in [-0.39, 0.29) is 38.0 Å². The van der Waals surface area contributed by atoms with Crippen LogP contribution in [0.3, 0.4) is 0 Å². The maximum absolute atomic E-state index is 15.1. The van der Waals surface area contributed by atoms with Crippen molar-refractivity contribution >= 4 is 46.3 Å². The van der Waals surface area contributed by atoms with E-state index in [0.29, 0.717) is 19.3 Å². The highest BCUT2D eigenvalue weighted by atomic mass is 16.3. The van der Waals surface area contributed by atoms with Crippen LogP contribution < -0.4 is 10.6 Å². The molecule has 0 saturated carbocycles. The van der Waals surface area contributed by atoms with Gasteiger partial charge in [0.15, 0.2) is 5.78 Å². The number of Topliss-reactive ketones (excluding diaryl/α,β-unsaturated/α-hetero) is 1. The summed E-state index contributed by atoms with van der Waals surface area (Å²) in [4.78, 5) is 94.2. The summed E-state index contributed by atoms with van der Waals surface area (Å²) in [6.07, 6.45) is 2.22. The number of carbonyl (C=O) groups is 6. The Bertz CT molecular complexity index is 2250. The number of benzene rings is 3. The average molecular weight is 862 g/mol. The normalized spacial score (nSPS) is 24.0. The van der Waals surface area contributed by atoms with Gasteiger partial charge in [-0.3, -0.25) is 24.0 Å². The van der Waals surface area contributed by atoms with Gasteiger partial charge < -0.3 is 39.9 Å². The molecule has 14 nitrogen and oxygen atoms in total. The SMILES string of the molecule is CCCCCC1C(=O)N[C@@H]([C@@H](C)O)C(=O)N(C)[C@@H](Cc2ccccc2)C(=O)N2CCC[C@H]2C(=O)[C@@H](Cc2ccccc2)NC(=O)N(C)[C@H](Cc2cc3ccccc3n2C)C(=O)N1C. The monoisotopic (exact) mass is 861 g/mol. The molecule has 1 aromatic heterocycles. The van der Waals surface area contributed by atoms with Crippen LogP contribution in [0.15, 0.2) is 91.0 Å². The lowest BCUT2D eigenvalue weighted by Gasteiger charge is -2.38. The smallest absolute Gasteiger partial charge is 0.318 e. The minimum atomic E-state index is -1.48. The van der Waals surface area contributed by atoms with Gasteiger partial charge in [-0.2, -0.15) is 0 Å². The second-order valence-electron chi connectivity index (χ2n) is 17.2. The highest BCUT2D eigenvalue weighted by Gasteiger charge is 2.45. The molecule has 6 rings (SSSR count). The number of hydrogen-bond donors (Lipinski definition) is 3. The molecule has 1 unspecified atom stereocenters. The Morgan fingerprint density at radius 2 is 1.29 bits per heavy atom. The number of hydrogen-bond acceptors (Lipinski definition) is 7. The van der Waals surface area contributed by atoms with Crippen molar-refractivity contribution in [3.63, 3.8) is 0 Å². The molecule has 336 valence electrons. The molecule has 14 heteroatoms. The summed E-state index contributed by atoms with van der Waals surface area (Å²) in [6, 6.07) is 20.8. The van der Waals surface area contributed by atoms with E-state index in [4.69, 9.17) is 0 Å². The molecule has 2 saturated heterocycles. The van der Waals surface area contributed by atoms with Crippen LogP contribution in [-0.2, 0) is 50.3 Å². The molecule has 3 heterocycles. The second kappa shape index (κ2) is 20.9. The van der Waals surface area contributed by atoms with Crippen molar-refractivity contribution < 1.29 is 33.9 Å². The minimum absolute atomic E-state index is 0.0756. The molecule has 63 heavy (non-hydrogen) atoms. The molecular weight excluding hydrogens is 799 g/mol. The van der Waals surface area contributed by atoms with Crippen LogP contribution in [0.2, 0.25) is 0 Å². The fraction of sp³-hybridized carbons (Fsp3) is 0.469. The first-order valence-electron chi connectivity index (χ1n) is 22.2. The number of para-hydroxylation sites is 1. The molecule has 3 N–H and O–H groups in total. The third-order valence-electron chi connectivity index (χ3n) is 12.9. The van der Waals surface area contributed by atoms with Crippen molar-refractivity contribution in [1.82, 2.24) is 34.8 Å². The maximum atomic E-state index is 15.1. The molecule has 6 amide bonds. The maximum Gasteiger partial charge on any atom is 0.318 e. The standard InChI is InChI=1S/C49H63N7O7/c1-7-8-11-25-40-45(59)51-43(32(2)57)48(62)54(5)41(29-34-21-14-10-15-22-34)47(61)56-27-18-26-39(56)44(58)37(28-33-19-12-9-13-20-33)50-49(63)55(6)42(46(60)53(40)4)31-36-30-35-23-16-17-24-38(35)52(36)3/h9-10,12-17,19-24,30,32,37,39-43,57H,7-8,11,18,25-29,31H2,1-6H3,(H,50,63)(H,51,59)/t32-,37-,39+,40?,41+,42-,43+/m1/s1. The number of aliphatic hydroxyl groups is 1. The summed E-state index contributed by atoms with van der Waals surface area (Å²) in [5.41, 5.74) is 3.26. The molecule has 0 bridgehead atoms. The van der Waals surface area contributed by atoms with E-state index in [1.165, 1.54) is 47.7 Å². The van der Waals surface area contributed by atoms with Crippen LogP contribution in [0.5, 0.6) is 0 Å². The number of ketones is 1. The molecule has 0 aliphatic carbocycles. The Labute approximate surface area is 370 Å². The van der Waals surface area contributed by atoms with Crippen molar-refractivity contribution in [3.05, 3.63) is 108 Å². The van der Waals surface area contributed by atoms with E-state index in [0.717, 1.165) is 40.6 Å². The average Bonchev–Trinajstić information content (AvgIpc) is 3.91. The summed E-state index contributed by atoms with van der Waals surface area (Å²) in [6.45, 7) is 3.67. The van der Waals surface area contributed by atoms with Crippen LogP contribution >= 0.6 is 0 Å². The van der Waals surface area contributed by atoms with Gasteiger partial charge in [0.1, 0.15) is 24.2 Å². The summed E-state index contributed by atoms with van der Waals surface area (Å²) in [5, 5.41) is 17.9. The highest BCUT2D eigenvalue weighted by molar-refractivity contribution is 5.99. The fourth-order valence-electron chi connectivity index (χ4n) is 9.06. The fourth-order valence-corrected chi connectivity index (χ4v) is 9.06. The lowest BCUT2D eigenvalue weighted by molar-refractivity contribution is -0.150. The highest BCUT2D eigenvalue weighted by Crippen LogP contribution is 2.26. The number of rotatable bonds is 11. The third-order valence-corrected chi connectivity index (χ3v) is 12.9. The van der Waals surface area contributed by atoms with Crippen molar-refractivity contribution in [3.8, 4) is 0 Å². The molecule has 2 aliphatic heterocycles. The third kappa shape index (κ3) is 10.6.